The first-order chi connectivity index (χ1) is 9.60. The van der Waals surface area contributed by atoms with E-state index in [4.69, 9.17) is 5.11 Å². The SMILES string of the molecule is CCc1nnc(SCC(=O)O)n1Cc1ccc(F)cc1. The average Bonchev–Trinajstić information content (AvgIpc) is 2.81. The third-order valence-corrected chi connectivity index (χ3v) is 3.64. The van der Waals surface area contributed by atoms with Gasteiger partial charge in [0.15, 0.2) is 5.16 Å². The van der Waals surface area contributed by atoms with E-state index in [1.54, 1.807) is 12.1 Å². The van der Waals surface area contributed by atoms with Gasteiger partial charge >= 0.3 is 5.97 Å². The van der Waals surface area contributed by atoms with Gasteiger partial charge in [0, 0.05) is 6.42 Å². The summed E-state index contributed by atoms with van der Waals surface area (Å²) >= 11 is 1.13. The van der Waals surface area contributed by atoms with Crippen LogP contribution in [0.2, 0.25) is 0 Å². The zero-order valence-electron chi connectivity index (χ0n) is 10.9. The lowest BCUT2D eigenvalue weighted by atomic mass is 10.2. The van der Waals surface area contributed by atoms with Gasteiger partial charge in [-0.3, -0.25) is 4.79 Å². The Morgan fingerprint density at radius 1 is 1.35 bits per heavy atom. The molecule has 1 heterocycles. The summed E-state index contributed by atoms with van der Waals surface area (Å²) in [6.45, 7) is 2.45. The average molecular weight is 295 g/mol. The van der Waals surface area contributed by atoms with Crippen LogP contribution in [0.4, 0.5) is 4.39 Å². The molecule has 0 aliphatic carbocycles. The van der Waals surface area contributed by atoms with Crippen LogP contribution in [0.5, 0.6) is 0 Å². The third-order valence-electron chi connectivity index (χ3n) is 2.69. The fourth-order valence-corrected chi connectivity index (χ4v) is 2.42. The quantitative estimate of drug-likeness (QED) is 0.828. The predicted octanol–water partition coefficient (Wildman–Crippen LogP) is 2.20. The largest absolute Gasteiger partial charge is 0.481 e. The molecule has 106 valence electrons. The molecule has 2 rings (SSSR count). The normalized spacial score (nSPS) is 10.7. The second kappa shape index (κ2) is 6.51. The monoisotopic (exact) mass is 295 g/mol. The molecule has 2 aromatic rings. The summed E-state index contributed by atoms with van der Waals surface area (Å²) in [5.41, 5.74) is 0.915. The molecule has 0 aliphatic heterocycles. The van der Waals surface area contributed by atoms with Gasteiger partial charge < -0.3 is 9.67 Å². The van der Waals surface area contributed by atoms with Gasteiger partial charge in [-0.25, -0.2) is 4.39 Å². The highest BCUT2D eigenvalue weighted by molar-refractivity contribution is 7.99. The van der Waals surface area contributed by atoms with E-state index in [0.717, 1.165) is 23.1 Å². The van der Waals surface area contributed by atoms with Crippen molar-refractivity contribution in [1.82, 2.24) is 14.8 Å². The summed E-state index contributed by atoms with van der Waals surface area (Å²) in [6.07, 6.45) is 0.696. The van der Waals surface area contributed by atoms with Crippen LogP contribution in [-0.2, 0) is 17.8 Å². The van der Waals surface area contributed by atoms with Gasteiger partial charge in [0.1, 0.15) is 11.6 Å². The number of rotatable bonds is 6. The molecule has 0 unspecified atom stereocenters. The van der Waals surface area contributed by atoms with Crippen LogP contribution in [0, 0.1) is 5.82 Å². The van der Waals surface area contributed by atoms with E-state index in [9.17, 15) is 9.18 Å². The Morgan fingerprint density at radius 2 is 2.05 bits per heavy atom. The smallest absolute Gasteiger partial charge is 0.313 e. The Bertz CT molecular complexity index is 598. The summed E-state index contributed by atoms with van der Waals surface area (Å²) in [5, 5.41) is 17.4. The number of carboxylic acids is 1. The highest BCUT2D eigenvalue weighted by atomic mass is 32.2. The number of benzene rings is 1. The van der Waals surface area contributed by atoms with Crippen LogP contribution in [0.15, 0.2) is 29.4 Å². The van der Waals surface area contributed by atoms with E-state index in [0.29, 0.717) is 18.1 Å². The van der Waals surface area contributed by atoms with E-state index in [1.807, 2.05) is 11.5 Å². The van der Waals surface area contributed by atoms with Crippen LogP contribution in [-0.4, -0.2) is 31.6 Å². The van der Waals surface area contributed by atoms with Crippen molar-refractivity contribution in [2.45, 2.75) is 25.0 Å². The Balaban J connectivity index is 2.21. The lowest BCUT2D eigenvalue weighted by Crippen LogP contribution is -2.07. The van der Waals surface area contributed by atoms with E-state index in [-0.39, 0.29) is 11.6 Å². The van der Waals surface area contributed by atoms with E-state index in [2.05, 4.69) is 10.2 Å². The summed E-state index contributed by atoms with van der Waals surface area (Å²) in [7, 11) is 0. The molecule has 0 saturated carbocycles. The van der Waals surface area contributed by atoms with Gasteiger partial charge in [-0.05, 0) is 17.7 Å². The minimum Gasteiger partial charge on any atom is -0.481 e. The lowest BCUT2D eigenvalue weighted by molar-refractivity contribution is -0.133. The number of hydrogen-bond donors (Lipinski definition) is 1. The Kier molecular flexibility index (Phi) is 4.73. The second-order valence-electron chi connectivity index (χ2n) is 4.15. The number of aliphatic carboxylic acids is 1. The van der Waals surface area contributed by atoms with Crippen molar-refractivity contribution in [1.29, 1.82) is 0 Å². The van der Waals surface area contributed by atoms with Crippen molar-refractivity contribution in [3.05, 3.63) is 41.5 Å². The fraction of sp³-hybridized carbons (Fsp3) is 0.308. The zero-order valence-corrected chi connectivity index (χ0v) is 11.7. The van der Waals surface area contributed by atoms with E-state index < -0.39 is 5.97 Å². The Morgan fingerprint density at radius 3 is 2.65 bits per heavy atom. The Hall–Kier alpha value is -1.89. The number of aryl methyl sites for hydroxylation is 1. The van der Waals surface area contributed by atoms with Gasteiger partial charge in [-0.2, -0.15) is 0 Å². The first kappa shape index (κ1) is 14.5. The molecule has 0 bridgehead atoms. The molecule has 0 spiro atoms. The third kappa shape index (κ3) is 3.57. The minimum atomic E-state index is -0.899. The zero-order chi connectivity index (χ0) is 14.5. The van der Waals surface area contributed by atoms with Crippen LogP contribution >= 0.6 is 11.8 Å². The summed E-state index contributed by atoms with van der Waals surface area (Å²) in [5.74, 6) is -0.467. The summed E-state index contributed by atoms with van der Waals surface area (Å²) in [4.78, 5) is 10.6. The predicted molar refractivity (Wildman–Crippen MR) is 73.3 cm³/mol. The van der Waals surface area contributed by atoms with Gasteiger partial charge in [0.2, 0.25) is 0 Å². The van der Waals surface area contributed by atoms with Crippen molar-refractivity contribution in [3.63, 3.8) is 0 Å². The van der Waals surface area contributed by atoms with E-state index >= 15 is 0 Å². The molecule has 20 heavy (non-hydrogen) atoms. The molecule has 0 aliphatic rings. The minimum absolute atomic E-state index is 0.0642. The molecule has 1 N–H and O–H groups in total. The molecule has 7 heteroatoms. The molecular weight excluding hydrogens is 281 g/mol. The van der Waals surface area contributed by atoms with Crippen LogP contribution in [0.25, 0.3) is 0 Å². The number of halogens is 1. The second-order valence-corrected chi connectivity index (χ2v) is 5.09. The molecule has 0 radical (unpaired) electrons. The van der Waals surface area contributed by atoms with Crippen molar-refractivity contribution < 1.29 is 14.3 Å². The maximum atomic E-state index is 12.9. The van der Waals surface area contributed by atoms with Crippen LogP contribution in [0.1, 0.15) is 18.3 Å². The summed E-state index contributed by atoms with van der Waals surface area (Å²) < 4.78 is 14.8. The van der Waals surface area contributed by atoms with Gasteiger partial charge in [-0.1, -0.05) is 30.8 Å². The molecule has 0 fully saturated rings. The van der Waals surface area contributed by atoms with Crippen molar-refractivity contribution in [2.75, 3.05) is 5.75 Å². The number of nitrogens with zero attached hydrogens (tertiary/aromatic N) is 3. The number of carbonyl (C=O) groups is 1. The molecule has 0 saturated heterocycles. The first-order valence-electron chi connectivity index (χ1n) is 6.11. The molecule has 5 nitrogen and oxygen atoms in total. The van der Waals surface area contributed by atoms with Crippen LogP contribution < -0.4 is 0 Å². The summed E-state index contributed by atoms with van der Waals surface area (Å²) in [6, 6.07) is 6.19. The number of carboxylic acid groups (broad SMARTS) is 1. The number of aromatic nitrogens is 3. The lowest BCUT2D eigenvalue weighted by Gasteiger charge is -2.08. The molecule has 1 aromatic heterocycles. The molecule has 1 aromatic carbocycles. The van der Waals surface area contributed by atoms with Gasteiger partial charge in [-0.15, -0.1) is 10.2 Å². The molecule has 0 atom stereocenters. The maximum Gasteiger partial charge on any atom is 0.313 e. The topological polar surface area (TPSA) is 68.0 Å². The number of hydrogen-bond acceptors (Lipinski definition) is 4. The fourth-order valence-electron chi connectivity index (χ4n) is 1.74. The van der Waals surface area contributed by atoms with Crippen molar-refractivity contribution in [3.8, 4) is 0 Å². The standard InChI is InChI=1S/C13H14FN3O2S/c1-2-11-15-16-13(20-8-12(18)19)17(11)7-9-3-5-10(14)6-4-9/h3-6H,2,7-8H2,1H3,(H,18,19). The van der Waals surface area contributed by atoms with Gasteiger partial charge in [0.25, 0.3) is 0 Å². The highest BCUT2D eigenvalue weighted by Crippen LogP contribution is 2.19. The van der Waals surface area contributed by atoms with Gasteiger partial charge in [0.05, 0.1) is 12.3 Å². The number of thioether (sulfide) groups is 1. The van der Waals surface area contributed by atoms with Crippen molar-refractivity contribution in [2.24, 2.45) is 0 Å². The maximum absolute atomic E-state index is 12.9. The first-order valence-corrected chi connectivity index (χ1v) is 7.09. The Labute approximate surface area is 119 Å². The highest BCUT2D eigenvalue weighted by Gasteiger charge is 2.13. The van der Waals surface area contributed by atoms with Crippen molar-refractivity contribution >= 4 is 17.7 Å². The van der Waals surface area contributed by atoms with Crippen LogP contribution in [0.3, 0.4) is 0 Å². The molecule has 0 amide bonds. The van der Waals surface area contributed by atoms with E-state index in [1.165, 1.54) is 12.1 Å². The molecular formula is C13H14FN3O2S.